The van der Waals surface area contributed by atoms with E-state index < -0.39 is 51.2 Å². The molecule has 2 aliphatic heterocycles. The first kappa shape index (κ1) is 25.1. The summed E-state index contributed by atoms with van der Waals surface area (Å²) in [7, 11) is 0. The number of fused-ring (bicyclic) bond motifs is 1. The lowest BCUT2D eigenvalue weighted by Gasteiger charge is -2.39. The fourth-order valence-corrected chi connectivity index (χ4v) is 5.98. The maximum Gasteiger partial charge on any atom is 0.331 e. The number of barbiturate groups is 1. The number of ether oxygens (including phenoxy) is 1. The Morgan fingerprint density at radius 3 is 2.65 bits per heavy atom. The summed E-state index contributed by atoms with van der Waals surface area (Å²) in [5.74, 6) is -2.57. The lowest BCUT2D eigenvalue weighted by atomic mass is 9.84. The third kappa shape index (κ3) is 4.86. The number of nitrogens with zero attached hydrogens (tertiary/aromatic N) is 1. The molecule has 1 aromatic rings. The van der Waals surface area contributed by atoms with E-state index in [1.54, 1.807) is 6.07 Å². The van der Waals surface area contributed by atoms with E-state index in [1.165, 1.54) is 17.0 Å². The van der Waals surface area contributed by atoms with E-state index in [0.29, 0.717) is 50.9 Å². The fourth-order valence-electron chi connectivity index (χ4n) is 5.01. The van der Waals surface area contributed by atoms with Crippen molar-refractivity contribution in [3.63, 3.8) is 0 Å². The molecule has 10 heteroatoms. The first-order valence-corrected chi connectivity index (χ1v) is 12.9. The zero-order valence-electron chi connectivity index (χ0n) is 19.8. The second kappa shape index (κ2) is 9.56. The van der Waals surface area contributed by atoms with Crippen LogP contribution in [0.4, 0.5) is 9.18 Å². The van der Waals surface area contributed by atoms with Crippen molar-refractivity contribution >= 4 is 29.2 Å². The summed E-state index contributed by atoms with van der Waals surface area (Å²) >= 11 is -1.46. The van der Waals surface area contributed by atoms with E-state index in [4.69, 9.17) is 4.74 Å². The molecule has 4 rings (SSSR count). The monoisotopic (exact) mass is 493 g/mol. The Morgan fingerprint density at radius 2 is 1.97 bits per heavy atom. The topological polar surface area (TPSA) is 111 Å². The molecule has 2 fully saturated rings. The van der Waals surface area contributed by atoms with Crippen molar-refractivity contribution in [3.8, 4) is 0 Å². The number of carbonyl (C=O) groups excluding carboxylic acids is 3. The zero-order valence-corrected chi connectivity index (χ0v) is 20.6. The highest BCUT2D eigenvalue weighted by molar-refractivity contribution is 7.90. The van der Waals surface area contributed by atoms with Crippen LogP contribution < -0.4 is 10.0 Å². The van der Waals surface area contributed by atoms with Crippen LogP contribution >= 0.6 is 0 Å². The average molecular weight is 494 g/mol. The molecule has 0 radical (unpaired) electrons. The second-order valence-corrected chi connectivity index (χ2v) is 12.3. The highest BCUT2D eigenvalue weighted by atomic mass is 32.2. The Hall–Kier alpha value is -2.01. The molecule has 2 N–H and O–H groups in total. The van der Waals surface area contributed by atoms with E-state index in [-0.39, 0.29) is 12.5 Å². The van der Waals surface area contributed by atoms with Gasteiger partial charge in [-0.1, -0.05) is 6.07 Å². The van der Waals surface area contributed by atoms with E-state index in [0.717, 1.165) is 5.56 Å². The number of carbonyl (C=O) groups is 3. The number of amides is 4. The van der Waals surface area contributed by atoms with Gasteiger partial charge in [-0.2, -0.15) is 0 Å². The molecule has 1 aromatic carbocycles. The van der Waals surface area contributed by atoms with Crippen LogP contribution in [0.25, 0.3) is 0 Å². The molecular weight excluding hydrogens is 461 g/mol. The van der Waals surface area contributed by atoms with E-state index in [1.807, 2.05) is 20.8 Å². The number of rotatable bonds is 6. The van der Waals surface area contributed by atoms with E-state index in [9.17, 15) is 23.3 Å². The lowest BCUT2D eigenvalue weighted by molar-refractivity contribution is -0.145. The van der Waals surface area contributed by atoms with Crippen molar-refractivity contribution in [3.05, 3.63) is 35.1 Å². The lowest BCUT2D eigenvalue weighted by Crippen LogP contribution is -2.62. The fraction of sp³-hybridized carbons (Fsp3) is 0.625. The summed E-state index contributed by atoms with van der Waals surface area (Å²) in [4.78, 5) is 39.6. The number of halogens is 1. The van der Waals surface area contributed by atoms with Crippen LogP contribution in [0.3, 0.4) is 0 Å². The highest BCUT2D eigenvalue weighted by Gasteiger charge is 2.48. The summed E-state index contributed by atoms with van der Waals surface area (Å²) in [6, 6.07) is 3.60. The third-order valence-corrected chi connectivity index (χ3v) is 8.66. The summed E-state index contributed by atoms with van der Waals surface area (Å²) in [5, 5.41) is 2.33. The molecule has 3 atom stereocenters. The predicted molar refractivity (Wildman–Crippen MR) is 124 cm³/mol. The molecule has 0 aromatic heterocycles. The Kier molecular flexibility index (Phi) is 7.06. The number of hydrogen-bond acceptors (Lipinski definition) is 6. The summed E-state index contributed by atoms with van der Waals surface area (Å²) < 4.78 is 35.3. The molecule has 2 heterocycles. The van der Waals surface area contributed by atoms with Crippen LogP contribution in [0.1, 0.15) is 64.0 Å². The van der Waals surface area contributed by atoms with Gasteiger partial charge in [-0.3, -0.25) is 19.8 Å². The van der Waals surface area contributed by atoms with Gasteiger partial charge in [0.1, 0.15) is 16.5 Å². The quantitative estimate of drug-likeness (QED) is 0.466. The number of urea groups is 1. The average Bonchev–Trinajstić information content (AvgIpc) is 3.11. The highest BCUT2D eigenvalue weighted by Crippen LogP contribution is 2.43. The molecule has 8 nitrogen and oxygen atoms in total. The molecule has 186 valence electrons. The standard InChI is InChI=1S/C24H32FN3O5S/c1-23(2,3)34(32)27-24(10-6-15-4-5-16(25)14-19(15)24)11-7-18-20(29)26-22(31)28(21(18)30)17-8-12-33-13-9-17/h4-5,14,17-18,27H,6-13H2,1-3H3,(H,26,29,31)/t18?,24-,34?/m0/s1. The molecule has 0 bridgehead atoms. The van der Waals surface area contributed by atoms with Gasteiger partial charge in [0.05, 0.1) is 5.54 Å². The van der Waals surface area contributed by atoms with Gasteiger partial charge < -0.3 is 9.29 Å². The largest absolute Gasteiger partial charge is 0.598 e. The van der Waals surface area contributed by atoms with Crippen molar-refractivity contribution in [2.45, 2.75) is 75.6 Å². The zero-order chi connectivity index (χ0) is 24.7. The van der Waals surface area contributed by atoms with E-state index >= 15 is 0 Å². The van der Waals surface area contributed by atoms with E-state index in [2.05, 4.69) is 10.0 Å². The number of aryl methyl sites for hydroxylation is 1. The maximum absolute atomic E-state index is 14.2. The van der Waals surface area contributed by atoms with Crippen LogP contribution in [0.2, 0.25) is 0 Å². The number of hydrogen-bond donors (Lipinski definition) is 2. The van der Waals surface area contributed by atoms with Gasteiger partial charge >= 0.3 is 6.03 Å². The second-order valence-electron chi connectivity index (χ2n) is 10.3. The molecular formula is C24H32FN3O5S. The molecule has 0 spiro atoms. The van der Waals surface area contributed by atoms with Crippen molar-refractivity contribution in [2.75, 3.05) is 13.2 Å². The van der Waals surface area contributed by atoms with Gasteiger partial charge in [0.25, 0.3) is 0 Å². The van der Waals surface area contributed by atoms with Crippen LogP contribution in [0.15, 0.2) is 18.2 Å². The summed E-state index contributed by atoms with van der Waals surface area (Å²) in [6.45, 7) is 6.45. The Balaban J connectivity index is 1.59. The minimum atomic E-state index is -1.46. The molecule has 2 saturated heterocycles. The summed E-state index contributed by atoms with van der Waals surface area (Å²) in [5.41, 5.74) is 0.825. The number of benzene rings is 1. The Bertz CT molecular complexity index is 978. The van der Waals surface area contributed by atoms with Gasteiger partial charge in [0.2, 0.25) is 11.8 Å². The van der Waals surface area contributed by atoms with Crippen molar-refractivity contribution < 1.29 is 28.1 Å². The molecule has 4 amide bonds. The third-order valence-electron chi connectivity index (χ3n) is 6.97. The minimum Gasteiger partial charge on any atom is -0.598 e. The normalized spacial score (nSPS) is 27.0. The number of nitrogens with one attached hydrogen (secondary N) is 2. The SMILES string of the molecule is CC(C)(C)[S+]([O-])N[C@]1(CCC2C(=O)NC(=O)N(C3CCOCC3)C2=O)CCc2ccc(F)cc21. The van der Waals surface area contributed by atoms with Crippen LogP contribution in [-0.4, -0.2) is 51.3 Å². The first-order chi connectivity index (χ1) is 16.0. The van der Waals surface area contributed by atoms with Crippen LogP contribution in [0.5, 0.6) is 0 Å². The molecule has 34 heavy (non-hydrogen) atoms. The minimum absolute atomic E-state index is 0.141. The van der Waals surface area contributed by atoms with Gasteiger partial charge in [0, 0.05) is 30.6 Å². The van der Waals surface area contributed by atoms with Crippen molar-refractivity contribution in [1.29, 1.82) is 0 Å². The molecule has 3 aliphatic rings. The Morgan fingerprint density at radius 1 is 1.26 bits per heavy atom. The maximum atomic E-state index is 14.2. The van der Waals surface area contributed by atoms with Gasteiger partial charge in [-0.05, 0) is 82.6 Å². The Labute approximate surface area is 202 Å². The predicted octanol–water partition coefficient (Wildman–Crippen LogP) is 2.67. The van der Waals surface area contributed by atoms with Gasteiger partial charge in [-0.25, -0.2) is 9.18 Å². The molecule has 0 saturated carbocycles. The van der Waals surface area contributed by atoms with Gasteiger partial charge in [-0.15, -0.1) is 4.72 Å². The first-order valence-electron chi connectivity index (χ1n) is 11.8. The van der Waals surface area contributed by atoms with Crippen LogP contribution in [0, 0.1) is 11.7 Å². The number of imide groups is 2. The summed E-state index contributed by atoms with van der Waals surface area (Å²) in [6.07, 6.45) is 2.73. The smallest absolute Gasteiger partial charge is 0.331 e. The molecule has 1 aliphatic carbocycles. The van der Waals surface area contributed by atoms with Crippen molar-refractivity contribution in [1.82, 2.24) is 14.9 Å². The van der Waals surface area contributed by atoms with Crippen molar-refractivity contribution in [2.24, 2.45) is 5.92 Å². The molecule has 2 unspecified atom stereocenters. The van der Waals surface area contributed by atoms with Crippen LogP contribution in [-0.2, 0) is 37.6 Å². The van der Waals surface area contributed by atoms with Gasteiger partial charge in [0.15, 0.2) is 0 Å².